The van der Waals surface area contributed by atoms with Crippen LogP contribution in [-0.4, -0.2) is 34.3 Å². The Hall–Kier alpha value is -2.34. The second kappa shape index (κ2) is 6.76. The van der Waals surface area contributed by atoms with Crippen molar-refractivity contribution in [2.45, 2.75) is 38.0 Å². The summed E-state index contributed by atoms with van der Waals surface area (Å²) < 4.78 is 40.5. The molecule has 2 aliphatic rings. The molecule has 0 aromatic heterocycles. The highest BCUT2D eigenvalue weighted by molar-refractivity contribution is 5.80. The largest absolute Gasteiger partial charge is 0.334 e. The number of nitrogens with zero attached hydrogens (tertiary/aromatic N) is 2. The molecule has 0 unspecified atom stereocenters. The third kappa shape index (κ3) is 3.09. The van der Waals surface area contributed by atoms with Crippen molar-refractivity contribution in [1.29, 1.82) is 0 Å². The lowest BCUT2D eigenvalue weighted by molar-refractivity contribution is -0.129. The summed E-state index contributed by atoms with van der Waals surface area (Å²) in [5, 5.41) is 0. The summed E-state index contributed by atoms with van der Waals surface area (Å²) in [5.41, 5.74) is 1.20. The zero-order valence-electron chi connectivity index (χ0n) is 14.2. The van der Waals surface area contributed by atoms with Crippen LogP contribution in [0.1, 0.15) is 24.0 Å². The quantitative estimate of drug-likeness (QED) is 0.834. The third-order valence-electron chi connectivity index (χ3n) is 5.40. The van der Waals surface area contributed by atoms with Crippen LogP contribution in [0.2, 0.25) is 0 Å². The van der Waals surface area contributed by atoms with Gasteiger partial charge in [-0.25, -0.2) is 13.2 Å². The van der Waals surface area contributed by atoms with Crippen LogP contribution >= 0.6 is 0 Å². The van der Waals surface area contributed by atoms with Crippen LogP contribution in [0.5, 0.6) is 0 Å². The predicted molar refractivity (Wildman–Crippen MR) is 90.5 cm³/mol. The van der Waals surface area contributed by atoms with Crippen LogP contribution in [0, 0.1) is 17.5 Å². The van der Waals surface area contributed by atoms with E-state index in [1.54, 1.807) is 18.2 Å². The second-order valence-corrected chi connectivity index (χ2v) is 6.96. The molecule has 6 heteroatoms. The molecule has 1 amide bonds. The Labute approximate surface area is 150 Å². The SMILES string of the molecule is O=C1C[C@H]2[C@H](CCN2Cc2cccc(F)c2F)N1Cc1ccc(F)cc1. The first-order valence-corrected chi connectivity index (χ1v) is 8.74. The monoisotopic (exact) mass is 360 g/mol. The van der Waals surface area contributed by atoms with Crippen molar-refractivity contribution in [3.05, 3.63) is 71.0 Å². The molecule has 2 saturated heterocycles. The standard InChI is InChI=1S/C20H19F3N2O/c21-15-6-4-13(5-7-15)11-25-17-8-9-24(18(17)10-19(25)26)12-14-2-1-3-16(22)20(14)23/h1-7,17-18H,8-12H2/t17-,18-/m0/s1. The molecule has 4 rings (SSSR count). The van der Waals surface area contributed by atoms with Crippen molar-refractivity contribution < 1.29 is 18.0 Å². The highest BCUT2D eigenvalue weighted by atomic mass is 19.2. The van der Waals surface area contributed by atoms with Gasteiger partial charge in [-0.2, -0.15) is 0 Å². The van der Waals surface area contributed by atoms with Gasteiger partial charge in [0.15, 0.2) is 11.6 Å². The number of hydrogen-bond acceptors (Lipinski definition) is 2. The molecule has 26 heavy (non-hydrogen) atoms. The Morgan fingerprint density at radius 2 is 1.73 bits per heavy atom. The first-order chi connectivity index (χ1) is 12.5. The van der Waals surface area contributed by atoms with E-state index in [1.165, 1.54) is 18.2 Å². The Morgan fingerprint density at radius 1 is 0.962 bits per heavy atom. The fraction of sp³-hybridized carbons (Fsp3) is 0.350. The van der Waals surface area contributed by atoms with Crippen molar-refractivity contribution in [2.75, 3.05) is 6.54 Å². The van der Waals surface area contributed by atoms with Gasteiger partial charge in [-0.05, 0) is 30.2 Å². The number of fused-ring (bicyclic) bond motifs is 1. The van der Waals surface area contributed by atoms with Crippen molar-refractivity contribution in [3.63, 3.8) is 0 Å². The van der Waals surface area contributed by atoms with Gasteiger partial charge in [0.1, 0.15) is 5.82 Å². The number of amides is 1. The average Bonchev–Trinajstić information content (AvgIpc) is 3.14. The summed E-state index contributed by atoms with van der Waals surface area (Å²) in [6, 6.07) is 10.4. The fourth-order valence-electron chi connectivity index (χ4n) is 4.09. The fourth-order valence-corrected chi connectivity index (χ4v) is 4.09. The lowest BCUT2D eigenvalue weighted by Gasteiger charge is -2.25. The Bertz CT molecular complexity index is 824. The molecule has 2 atom stereocenters. The molecule has 0 spiro atoms. The molecule has 0 aliphatic carbocycles. The number of rotatable bonds is 4. The van der Waals surface area contributed by atoms with E-state index < -0.39 is 11.6 Å². The predicted octanol–water partition coefficient (Wildman–Crippen LogP) is 3.48. The number of benzene rings is 2. The smallest absolute Gasteiger partial charge is 0.224 e. The third-order valence-corrected chi connectivity index (χ3v) is 5.40. The van der Waals surface area contributed by atoms with Crippen molar-refractivity contribution in [3.8, 4) is 0 Å². The molecule has 0 bridgehead atoms. The topological polar surface area (TPSA) is 23.6 Å². The van der Waals surface area contributed by atoms with E-state index in [4.69, 9.17) is 0 Å². The van der Waals surface area contributed by atoms with Crippen LogP contribution in [-0.2, 0) is 17.9 Å². The molecule has 2 aromatic carbocycles. The maximum atomic E-state index is 14.0. The van der Waals surface area contributed by atoms with Crippen molar-refractivity contribution in [1.82, 2.24) is 9.80 Å². The van der Waals surface area contributed by atoms with Crippen LogP contribution in [0.4, 0.5) is 13.2 Å². The molecular formula is C20H19F3N2O. The van der Waals surface area contributed by atoms with Crippen LogP contribution in [0.15, 0.2) is 42.5 Å². The summed E-state index contributed by atoms with van der Waals surface area (Å²) in [6.07, 6.45) is 1.18. The van der Waals surface area contributed by atoms with Gasteiger partial charge in [0.2, 0.25) is 5.91 Å². The van der Waals surface area contributed by atoms with E-state index in [1.807, 2.05) is 4.90 Å². The summed E-state index contributed by atoms with van der Waals surface area (Å²) in [5.74, 6) is -1.92. The van der Waals surface area contributed by atoms with Gasteiger partial charge in [-0.3, -0.25) is 9.69 Å². The zero-order chi connectivity index (χ0) is 18.3. The summed E-state index contributed by atoms with van der Waals surface area (Å²) in [6.45, 7) is 1.48. The molecule has 0 saturated carbocycles. The summed E-state index contributed by atoms with van der Waals surface area (Å²) >= 11 is 0. The van der Waals surface area contributed by atoms with E-state index in [0.717, 1.165) is 24.6 Å². The van der Waals surface area contributed by atoms with Gasteiger partial charge in [0.05, 0.1) is 0 Å². The maximum Gasteiger partial charge on any atom is 0.224 e. The van der Waals surface area contributed by atoms with Crippen LogP contribution < -0.4 is 0 Å². The lowest BCUT2D eigenvalue weighted by Crippen LogP contribution is -2.36. The molecular weight excluding hydrogens is 341 g/mol. The van der Waals surface area contributed by atoms with Gasteiger partial charge in [-0.15, -0.1) is 0 Å². The van der Waals surface area contributed by atoms with Crippen LogP contribution in [0.25, 0.3) is 0 Å². The number of likely N-dealkylation sites (tertiary alicyclic amines) is 2. The first kappa shape index (κ1) is 17.1. The second-order valence-electron chi connectivity index (χ2n) is 6.96. The molecule has 2 aliphatic heterocycles. The lowest BCUT2D eigenvalue weighted by atomic mass is 10.1. The zero-order valence-corrected chi connectivity index (χ0v) is 14.2. The van der Waals surface area contributed by atoms with E-state index in [9.17, 15) is 18.0 Å². The Kier molecular flexibility index (Phi) is 4.44. The summed E-state index contributed by atoms with van der Waals surface area (Å²) in [7, 11) is 0. The Balaban J connectivity index is 1.48. The highest BCUT2D eigenvalue weighted by Gasteiger charge is 2.46. The van der Waals surface area contributed by atoms with Crippen molar-refractivity contribution in [2.24, 2.45) is 0 Å². The molecule has 2 heterocycles. The minimum atomic E-state index is -0.848. The normalized spacial score (nSPS) is 22.9. The Morgan fingerprint density at radius 3 is 2.50 bits per heavy atom. The van der Waals surface area contributed by atoms with Gasteiger partial charge >= 0.3 is 0 Å². The average molecular weight is 360 g/mol. The summed E-state index contributed by atoms with van der Waals surface area (Å²) in [4.78, 5) is 16.4. The van der Waals surface area contributed by atoms with Gasteiger partial charge in [-0.1, -0.05) is 24.3 Å². The first-order valence-electron chi connectivity index (χ1n) is 8.74. The number of halogens is 3. The van der Waals surface area contributed by atoms with E-state index in [-0.39, 0.29) is 23.8 Å². The molecule has 0 radical (unpaired) electrons. The molecule has 0 N–H and O–H groups in total. The highest BCUT2D eigenvalue weighted by Crippen LogP contribution is 2.34. The molecule has 2 aromatic rings. The molecule has 2 fully saturated rings. The van der Waals surface area contributed by atoms with E-state index in [0.29, 0.717) is 25.1 Å². The molecule has 3 nitrogen and oxygen atoms in total. The minimum absolute atomic E-state index is 0.00520. The van der Waals surface area contributed by atoms with Gasteiger partial charge < -0.3 is 4.90 Å². The van der Waals surface area contributed by atoms with Crippen molar-refractivity contribution >= 4 is 5.91 Å². The minimum Gasteiger partial charge on any atom is -0.334 e. The van der Waals surface area contributed by atoms with Gasteiger partial charge in [0, 0.05) is 43.7 Å². The van der Waals surface area contributed by atoms with Crippen LogP contribution in [0.3, 0.4) is 0 Å². The molecule has 136 valence electrons. The maximum absolute atomic E-state index is 14.0. The van der Waals surface area contributed by atoms with E-state index >= 15 is 0 Å². The van der Waals surface area contributed by atoms with E-state index in [2.05, 4.69) is 4.90 Å². The van der Waals surface area contributed by atoms with Gasteiger partial charge in [0.25, 0.3) is 0 Å². The number of carbonyl (C=O) groups excluding carboxylic acids is 1. The number of hydrogen-bond donors (Lipinski definition) is 0. The number of carbonyl (C=O) groups is 1.